The van der Waals surface area contributed by atoms with Crippen LogP contribution in [0.3, 0.4) is 0 Å². The summed E-state index contributed by atoms with van der Waals surface area (Å²) in [6.07, 6.45) is 2.13. The van der Waals surface area contributed by atoms with Crippen molar-refractivity contribution in [2.24, 2.45) is 5.41 Å². The second-order valence-corrected chi connectivity index (χ2v) is 10.0. The van der Waals surface area contributed by atoms with Crippen LogP contribution in [0.1, 0.15) is 36.1 Å². The fraction of sp³-hybridized carbons (Fsp3) is 0.286. The summed E-state index contributed by atoms with van der Waals surface area (Å²) in [6, 6.07) is 9.03. The van der Waals surface area contributed by atoms with Crippen LogP contribution < -0.4 is 0 Å². The highest BCUT2D eigenvalue weighted by Gasteiger charge is 2.44. The molecule has 1 saturated carbocycles. The molecule has 5 rings (SSSR count). The maximum Gasteiger partial charge on any atom is 0.223 e. The summed E-state index contributed by atoms with van der Waals surface area (Å²) < 4.78 is 19.8. The first kappa shape index (κ1) is 20.2. The highest BCUT2D eigenvalue weighted by molar-refractivity contribution is 7.19. The molecule has 0 aliphatic heterocycles. The van der Waals surface area contributed by atoms with Gasteiger partial charge >= 0.3 is 0 Å². The van der Waals surface area contributed by atoms with Crippen LogP contribution in [0.5, 0.6) is 0 Å². The Labute approximate surface area is 189 Å². The zero-order chi connectivity index (χ0) is 21.6. The van der Waals surface area contributed by atoms with E-state index in [0.29, 0.717) is 17.3 Å². The number of aromatic nitrogens is 3. The molecule has 6 nitrogen and oxygen atoms in total. The van der Waals surface area contributed by atoms with Crippen molar-refractivity contribution in [3.63, 3.8) is 0 Å². The lowest BCUT2D eigenvalue weighted by atomic mass is 10.00. The lowest BCUT2D eigenvalue weighted by Gasteiger charge is -2.01. The number of benzene rings is 1. The molecule has 0 atom stereocenters. The minimum Gasteiger partial charge on any atom is -0.424 e. The molecular weight excluding hydrogens is 459 g/mol. The highest BCUT2D eigenvalue weighted by Crippen LogP contribution is 2.48. The maximum absolute atomic E-state index is 13.4. The van der Waals surface area contributed by atoms with Crippen LogP contribution in [0.2, 0.25) is 5.02 Å². The number of thiophene rings is 1. The van der Waals surface area contributed by atoms with E-state index in [1.165, 1.54) is 17.4 Å². The van der Waals surface area contributed by atoms with Gasteiger partial charge in [-0.3, -0.25) is 4.79 Å². The SMILES string of the molecule is N#CC1(CC(=O)Cc2nnc(Cc3nc4ccc(-c5ccc(F)s5)c(Cl)c4s3)o2)CC1. The number of nitriles is 1. The van der Waals surface area contributed by atoms with Gasteiger partial charge in [0.2, 0.25) is 11.8 Å². The molecule has 0 unspecified atom stereocenters. The van der Waals surface area contributed by atoms with E-state index in [1.54, 1.807) is 6.07 Å². The van der Waals surface area contributed by atoms with Crippen LogP contribution in [0.4, 0.5) is 4.39 Å². The predicted octanol–water partition coefficient (Wildman–Crippen LogP) is 5.60. The van der Waals surface area contributed by atoms with E-state index in [9.17, 15) is 9.18 Å². The number of halogens is 2. The lowest BCUT2D eigenvalue weighted by Crippen LogP contribution is -2.10. The number of rotatable bonds is 7. The predicted molar refractivity (Wildman–Crippen MR) is 116 cm³/mol. The summed E-state index contributed by atoms with van der Waals surface area (Å²) in [7, 11) is 0. The zero-order valence-corrected chi connectivity index (χ0v) is 18.4. The molecule has 1 aromatic carbocycles. The van der Waals surface area contributed by atoms with Crippen LogP contribution in [0.15, 0.2) is 28.7 Å². The Kier molecular flexibility index (Phi) is 5.08. The first-order valence-corrected chi connectivity index (χ1v) is 11.5. The number of ketones is 1. The van der Waals surface area contributed by atoms with Gasteiger partial charge in [-0.2, -0.15) is 9.65 Å². The Hall–Kier alpha value is -2.67. The molecule has 1 aliphatic rings. The number of fused-ring (bicyclic) bond motifs is 1. The third-order valence-electron chi connectivity index (χ3n) is 5.17. The molecule has 3 heterocycles. The number of carbonyl (C=O) groups is 1. The van der Waals surface area contributed by atoms with E-state index in [-0.39, 0.29) is 29.6 Å². The Morgan fingerprint density at radius 3 is 2.74 bits per heavy atom. The van der Waals surface area contributed by atoms with Crippen molar-refractivity contribution < 1.29 is 13.6 Å². The standard InChI is InChI=1S/C21H14ClFN4O2S2/c22-19-12(14-3-4-15(23)30-14)1-2-13-20(19)31-18(25-13)8-17-27-26-16(29-17)7-11(28)9-21(10-24)5-6-21/h1-4H,5-9H2. The molecule has 156 valence electrons. The molecule has 1 fully saturated rings. The number of carbonyl (C=O) groups excluding carboxylic acids is 1. The van der Waals surface area contributed by atoms with Gasteiger partial charge in [0.05, 0.1) is 39.6 Å². The maximum atomic E-state index is 13.4. The normalized spacial score (nSPS) is 14.6. The molecule has 0 bridgehead atoms. The molecule has 3 aromatic heterocycles. The van der Waals surface area contributed by atoms with Gasteiger partial charge in [0.25, 0.3) is 0 Å². The quantitative estimate of drug-likeness (QED) is 0.347. The van der Waals surface area contributed by atoms with E-state index in [1.807, 2.05) is 12.1 Å². The minimum atomic E-state index is -0.478. The molecule has 4 aromatic rings. The Balaban J connectivity index is 1.31. The van der Waals surface area contributed by atoms with Gasteiger partial charge in [0.1, 0.15) is 10.8 Å². The van der Waals surface area contributed by atoms with Gasteiger partial charge in [0.15, 0.2) is 5.13 Å². The summed E-state index contributed by atoms with van der Waals surface area (Å²) in [5.41, 5.74) is 1.03. The first-order valence-electron chi connectivity index (χ1n) is 9.52. The van der Waals surface area contributed by atoms with E-state index in [4.69, 9.17) is 21.3 Å². The van der Waals surface area contributed by atoms with Gasteiger partial charge < -0.3 is 4.42 Å². The summed E-state index contributed by atoms with van der Waals surface area (Å²) in [6.45, 7) is 0. The van der Waals surface area contributed by atoms with E-state index >= 15 is 0 Å². The first-order chi connectivity index (χ1) is 14.9. The topological polar surface area (TPSA) is 92.7 Å². The van der Waals surface area contributed by atoms with Crippen LogP contribution in [-0.4, -0.2) is 21.0 Å². The minimum absolute atomic E-state index is 0.0306. The number of Topliss-reactive ketones (excluding diaryl/α,β-unsaturated/α-hetero) is 1. The average Bonchev–Trinajstić information content (AvgIpc) is 3.07. The monoisotopic (exact) mass is 472 g/mol. The van der Waals surface area contributed by atoms with Gasteiger partial charge in [0, 0.05) is 16.9 Å². The lowest BCUT2D eigenvalue weighted by molar-refractivity contribution is -0.119. The van der Waals surface area contributed by atoms with Gasteiger partial charge in [-0.05, 0) is 37.1 Å². The van der Waals surface area contributed by atoms with Crippen LogP contribution in [0.25, 0.3) is 20.7 Å². The van der Waals surface area contributed by atoms with Gasteiger partial charge in [-0.25, -0.2) is 4.98 Å². The Morgan fingerprint density at radius 2 is 2.03 bits per heavy atom. The Morgan fingerprint density at radius 1 is 1.23 bits per heavy atom. The summed E-state index contributed by atoms with van der Waals surface area (Å²) in [4.78, 5) is 17.5. The van der Waals surface area contributed by atoms with Crippen molar-refractivity contribution in [2.75, 3.05) is 0 Å². The molecule has 10 heteroatoms. The number of hydrogen-bond donors (Lipinski definition) is 0. The fourth-order valence-corrected chi connectivity index (χ4v) is 5.57. The fourth-order valence-electron chi connectivity index (χ4n) is 3.38. The molecule has 31 heavy (non-hydrogen) atoms. The van der Waals surface area contributed by atoms with E-state index < -0.39 is 5.41 Å². The largest absolute Gasteiger partial charge is 0.424 e. The number of hydrogen-bond acceptors (Lipinski definition) is 8. The van der Waals surface area contributed by atoms with Gasteiger partial charge in [-0.1, -0.05) is 11.6 Å². The van der Waals surface area contributed by atoms with Gasteiger partial charge in [-0.15, -0.1) is 32.9 Å². The highest BCUT2D eigenvalue weighted by atomic mass is 35.5. The molecule has 0 radical (unpaired) electrons. The third kappa shape index (κ3) is 4.11. The summed E-state index contributed by atoms with van der Waals surface area (Å²) >= 11 is 9.03. The average molecular weight is 473 g/mol. The van der Waals surface area contributed by atoms with Crippen molar-refractivity contribution in [3.05, 3.63) is 51.2 Å². The molecule has 0 spiro atoms. The summed E-state index contributed by atoms with van der Waals surface area (Å²) in [5, 5.41) is 18.1. The third-order valence-corrected chi connectivity index (χ3v) is 7.67. The molecule has 0 saturated heterocycles. The second kappa shape index (κ2) is 7.79. The van der Waals surface area contributed by atoms with Crippen molar-refractivity contribution in [1.29, 1.82) is 5.26 Å². The zero-order valence-electron chi connectivity index (χ0n) is 16.0. The van der Waals surface area contributed by atoms with Crippen molar-refractivity contribution in [2.45, 2.75) is 32.1 Å². The molecule has 0 N–H and O–H groups in total. The van der Waals surface area contributed by atoms with Crippen molar-refractivity contribution in [3.8, 4) is 16.5 Å². The van der Waals surface area contributed by atoms with Crippen LogP contribution in [0, 0.1) is 21.9 Å². The van der Waals surface area contributed by atoms with Crippen LogP contribution >= 0.6 is 34.3 Å². The van der Waals surface area contributed by atoms with Crippen LogP contribution in [-0.2, 0) is 17.6 Å². The molecule has 1 aliphatic carbocycles. The Bertz CT molecular complexity index is 1350. The summed E-state index contributed by atoms with van der Waals surface area (Å²) in [5.74, 6) is 0.536. The smallest absolute Gasteiger partial charge is 0.223 e. The molecular formula is C21H14ClFN4O2S2. The molecule has 0 amide bonds. The number of thiazole rings is 1. The van der Waals surface area contributed by atoms with E-state index in [2.05, 4.69) is 21.3 Å². The second-order valence-electron chi connectivity index (χ2n) is 7.54. The van der Waals surface area contributed by atoms with Crippen molar-refractivity contribution in [1.82, 2.24) is 15.2 Å². The number of nitrogens with zero attached hydrogens (tertiary/aromatic N) is 4. The van der Waals surface area contributed by atoms with E-state index in [0.717, 1.165) is 49.8 Å². The van der Waals surface area contributed by atoms with Crippen molar-refractivity contribution >= 4 is 50.3 Å².